The molecule has 0 bridgehead atoms. The number of aromatic amines is 1. The van der Waals surface area contributed by atoms with Crippen LogP contribution in [0, 0.1) is 5.92 Å². The van der Waals surface area contributed by atoms with E-state index in [9.17, 15) is 14.1 Å². The van der Waals surface area contributed by atoms with Gasteiger partial charge in [-0.2, -0.15) is 0 Å². The average molecular weight is 536 g/mol. The van der Waals surface area contributed by atoms with Crippen LogP contribution in [0.15, 0.2) is 52.3 Å². The minimum Gasteiger partial charge on any atom is -0.490 e. The second-order valence-corrected chi connectivity index (χ2v) is 10.3. The Morgan fingerprint density at radius 2 is 1.97 bits per heavy atom. The summed E-state index contributed by atoms with van der Waals surface area (Å²) < 4.78 is 15.3. The van der Waals surface area contributed by atoms with Gasteiger partial charge in [-0.05, 0) is 43.0 Å². The number of ether oxygens (including phenoxy) is 1. The van der Waals surface area contributed by atoms with Gasteiger partial charge in [-0.15, -0.1) is 0 Å². The molecule has 0 spiro atoms. The van der Waals surface area contributed by atoms with Gasteiger partial charge in [0.25, 0.3) is 11.5 Å². The molecule has 3 aromatic rings. The Morgan fingerprint density at radius 1 is 1.20 bits per heavy atom. The Balaban J connectivity index is 1.26. The van der Waals surface area contributed by atoms with Gasteiger partial charge >= 0.3 is 0 Å². The predicted molar refractivity (Wildman–Crippen MR) is 141 cm³/mol. The summed E-state index contributed by atoms with van der Waals surface area (Å²) in [4.78, 5) is 30.5. The lowest BCUT2D eigenvalue weighted by Gasteiger charge is -2.33. The summed E-state index contributed by atoms with van der Waals surface area (Å²) in [7, 11) is 0. The normalized spacial score (nSPS) is 15.8. The Morgan fingerprint density at radius 3 is 2.69 bits per heavy atom. The van der Waals surface area contributed by atoms with Gasteiger partial charge in [0.05, 0.1) is 15.6 Å². The summed E-state index contributed by atoms with van der Waals surface area (Å²) >= 11 is 12.6. The molecule has 0 radical (unpaired) electrons. The Labute approximate surface area is 218 Å². The number of likely N-dealkylation sites (tertiary alicyclic amines) is 1. The van der Waals surface area contributed by atoms with E-state index < -0.39 is 0 Å². The number of pyridine rings is 1. The van der Waals surface area contributed by atoms with Crippen molar-refractivity contribution in [3.63, 3.8) is 0 Å². The predicted octanol–water partition coefficient (Wildman–Crippen LogP) is 5.31. The maximum Gasteiger partial charge on any atom is 0.255 e. The van der Waals surface area contributed by atoms with Crippen molar-refractivity contribution in [2.24, 2.45) is 5.92 Å². The highest BCUT2D eigenvalue weighted by molar-refractivity contribution is 7.93. The molecule has 0 unspecified atom stereocenters. The largest absolute Gasteiger partial charge is 0.490 e. The third kappa shape index (κ3) is 6.51. The quantitative estimate of drug-likeness (QED) is 0.338. The monoisotopic (exact) mass is 535 g/mol. The van der Waals surface area contributed by atoms with Gasteiger partial charge in [-0.3, -0.25) is 9.59 Å². The van der Waals surface area contributed by atoms with Crippen molar-refractivity contribution < 1.29 is 14.1 Å². The van der Waals surface area contributed by atoms with Crippen LogP contribution in [0.4, 0.5) is 0 Å². The number of hydrogen-bond donors (Lipinski definition) is 3. The number of fused-ring (bicyclic) bond motifs is 1. The lowest BCUT2D eigenvalue weighted by Crippen LogP contribution is -2.42. The maximum absolute atomic E-state index is 12.8. The van der Waals surface area contributed by atoms with Crippen LogP contribution >= 0.6 is 35.2 Å². The number of rotatable bonds is 8. The standard InChI is InChI=1S/C25H27Cl2N3O4S/c1-15(14-30-8-6-16(7-9-30)34-17-2-5-22(26)23(27)10-17)12-28-25(32)21-13-29-24(31)20-11-18(35-33)3-4-19(20)21/h2-5,10-11,13,15-16,33H,6-9,12,14H2,1H3,(H,28,32)(H,29,31)/t15-/m1/s1. The minimum atomic E-state index is -0.299. The first kappa shape index (κ1) is 25.9. The van der Waals surface area contributed by atoms with Crippen molar-refractivity contribution in [1.82, 2.24) is 15.2 Å². The van der Waals surface area contributed by atoms with E-state index in [0.29, 0.717) is 49.9 Å². The number of benzene rings is 2. The smallest absolute Gasteiger partial charge is 0.255 e. The van der Waals surface area contributed by atoms with Gasteiger partial charge in [-0.1, -0.05) is 36.2 Å². The third-order valence-corrected chi connectivity index (χ3v) is 7.34. The molecule has 3 N–H and O–H groups in total. The van der Waals surface area contributed by atoms with Crippen molar-refractivity contribution >= 4 is 51.9 Å². The minimum absolute atomic E-state index is 0.136. The van der Waals surface area contributed by atoms with Crippen LogP contribution in [0.1, 0.15) is 30.1 Å². The van der Waals surface area contributed by atoms with Gasteiger partial charge in [-0.25, -0.2) is 0 Å². The average Bonchev–Trinajstić information content (AvgIpc) is 2.86. The van der Waals surface area contributed by atoms with Crippen molar-refractivity contribution in [2.75, 3.05) is 26.2 Å². The van der Waals surface area contributed by atoms with Crippen molar-refractivity contribution in [2.45, 2.75) is 30.8 Å². The highest BCUT2D eigenvalue weighted by Gasteiger charge is 2.22. The van der Waals surface area contributed by atoms with Crippen LogP contribution in [0.2, 0.25) is 10.0 Å². The topological polar surface area (TPSA) is 94.7 Å². The zero-order valence-electron chi connectivity index (χ0n) is 19.2. The second-order valence-electron chi connectivity index (χ2n) is 8.84. The summed E-state index contributed by atoms with van der Waals surface area (Å²) in [5.74, 6) is 0.740. The van der Waals surface area contributed by atoms with E-state index in [1.807, 2.05) is 6.07 Å². The van der Waals surface area contributed by atoms with Crippen molar-refractivity contribution in [1.29, 1.82) is 0 Å². The van der Waals surface area contributed by atoms with E-state index in [0.717, 1.165) is 38.2 Å². The molecule has 35 heavy (non-hydrogen) atoms. The summed E-state index contributed by atoms with van der Waals surface area (Å²) in [6.07, 6.45) is 3.40. The van der Waals surface area contributed by atoms with Crippen LogP contribution in [-0.4, -0.2) is 52.6 Å². The number of hydrogen-bond acceptors (Lipinski definition) is 6. The van der Waals surface area contributed by atoms with E-state index in [2.05, 4.69) is 22.1 Å². The second kappa shape index (κ2) is 11.7. The van der Waals surface area contributed by atoms with Crippen LogP contribution < -0.4 is 15.6 Å². The zero-order chi connectivity index (χ0) is 24.9. The molecule has 1 aliphatic rings. The van der Waals surface area contributed by atoms with Gasteiger partial charge in [0.15, 0.2) is 0 Å². The van der Waals surface area contributed by atoms with Crippen LogP contribution in [0.5, 0.6) is 5.75 Å². The molecule has 0 aliphatic carbocycles. The number of amides is 1. The van der Waals surface area contributed by atoms with Crippen LogP contribution in [-0.2, 0) is 0 Å². The molecule has 1 atom stereocenters. The highest BCUT2D eigenvalue weighted by Crippen LogP contribution is 2.28. The van der Waals surface area contributed by atoms with Gasteiger partial charge in [0, 0.05) is 66.2 Å². The summed E-state index contributed by atoms with van der Waals surface area (Å²) in [6.45, 7) is 5.32. The molecule has 1 amide bonds. The molecule has 10 heteroatoms. The molecular formula is C25H27Cl2N3O4S. The fourth-order valence-electron chi connectivity index (χ4n) is 4.30. The number of piperidine rings is 1. The highest BCUT2D eigenvalue weighted by atomic mass is 35.5. The number of aromatic nitrogens is 1. The van der Waals surface area contributed by atoms with E-state index in [-0.39, 0.29) is 23.5 Å². The fourth-order valence-corrected chi connectivity index (χ4v) is 4.89. The van der Waals surface area contributed by atoms with E-state index in [1.165, 1.54) is 6.20 Å². The van der Waals surface area contributed by atoms with Gasteiger partial charge < -0.3 is 24.5 Å². The SMILES string of the molecule is C[C@H](CNC(=O)c1c[nH]c(=O)c2cc(SO)ccc12)CN1CCC(Oc2ccc(Cl)c(Cl)c2)CC1. The number of nitrogens with one attached hydrogen (secondary N) is 2. The molecule has 7 nitrogen and oxygen atoms in total. The Bertz CT molecular complexity index is 1260. The molecular weight excluding hydrogens is 509 g/mol. The molecule has 1 aromatic heterocycles. The maximum atomic E-state index is 12.8. The lowest BCUT2D eigenvalue weighted by molar-refractivity contribution is 0.0886. The summed E-state index contributed by atoms with van der Waals surface area (Å²) in [5, 5.41) is 4.92. The van der Waals surface area contributed by atoms with E-state index >= 15 is 0 Å². The molecule has 2 aromatic carbocycles. The van der Waals surface area contributed by atoms with Crippen LogP contribution in [0.3, 0.4) is 0 Å². The molecule has 1 aliphatic heterocycles. The fraction of sp³-hybridized carbons (Fsp3) is 0.360. The molecule has 1 saturated heterocycles. The van der Waals surface area contributed by atoms with Crippen molar-refractivity contribution in [3.05, 3.63) is 68.6 Å². The number of carbonyl (C=O) groups excluding carboxylic acids is 1. The number of nitrogens with zero attached hydrogens (tertiary/aromatic N) is 1. The van der Waals surface area contributed by atoms with Gasteiger partial charge in [0.1, 0.15) is 11.9 Å². The van der Waals surface area contributed by atoms with Gasteiger partial charge in [0.2, 0.25) is 0 Å². The molecule has 0 saturated carbocycles. The third-order valence-electron chi connectivity index (χ3n) is 6.13. The summed E-state index contributed by atoms with van der Waals surface area (Å²) in [5.41, 5.74) is 0.105. The molecule has 186 valence electrons. The first-order valence-corrected chi connectivity index (χ1v) is 13.0. The molecule has 2 heterocycles. The van der Waals surface area contributed by atoms with Crippen LogP contribution in [0.25, 0.3) is 10.8 Å². The van der Waals surface area contributed by atoms with E-state index in [4.69, 9.17) is 27.9 Å². The first-order valence-electron chi connectivity index (χ1n) is 11.4. The lowest BCUT2D eigenvalue weighted by atomic mass is 10.0. The number of halogens is 2. The zero-order valence-corrected chi connectivity index (χ0v) is 21.6. The molecule has 1 fully saturated rings. The van der Waals surface area contributed by atoms with E-state index in [1.54, 1.807) is 30.3 Å². The Hall–Kier alpha value is -2.23. The Kier molecular flexibility index (Phi) is 8.62. The molecule has 4 rings (SSSR count). The summed E-state index contributed by atoms with van der Waals surface area (Å²) in [6, 6.07) is 10.3. The van der Waals surface area contributed by atoms with Crippen molar-refractivity contribution in [3.8, 4) is 5.75 Å². The first-order chi connectivity index (χ1) is 16.8. The number of H-pyrrole nitrogens is 1. The number of carbonyl (C=O) groups is 1.